The van der Waals surface area contributed by atoms with Crippen molar-refractivity contribution in [2.24, 2.45) is 5.92 Å². The van der Waals surface area contributed by atoms with Crippen LogP contribution >= 0.6 is 0 Å². The average Bonchev–Trinajstić information content (AvgIpc) is 1.85. The summed E-state index contributed by atoms with van der Waals surface area (Å²) < 4.78 is 0. The van der Waals surface area contributed by atoms with Gasteiger partial charge in [-0.2, -0.15) is 0 Å². The van der Waals surface area contributed by atoms with Crippen LogP contribution in [0.15, 0.2) is 12.2 Å². The molecule has 0 radical (unpaired) electrons. The van der Waals surface area contributed by atoms with E-state index in [2.05, 4.69) is 20.4 Å². The van der Waals surface area contributed by atoms with E-state index < -0.39 is 0 Å². The third kappa shape index (κ3) is 3.67. The van der Waals surface area contributed by atoms with Crippen LogP contribution in [0.5, 0.6) is 0 Å². The molecule has 1 unspecified atom stereocenters. The molecule has 0 fully saturated rings. The Morgan fingerprint density at radius 3 is 2.40 bits per heavy atom. The Labute approximate surface area is 63.8 Å². The molecule has 0 saturated heterocycles. The monoisotopic (exact) mass is 142 g/mol. The van der Waals surface area contributed by atoms with Gasteiger partial charge in [0.1, 0.15) is 0 Å². The van der Waals surface area contributed by atoms with Gasteiger partial charge in [0.05, 0.1) is 6.10 Å². The van der Waals surface area contributed by atoms with E-state index in [-0.39, 0.29) is 6.10 Å². The number of rotatable bonds is 4. The first-order chi connectivity index (χ1) is 4.57. The molecule has 0 aliphatic heterocycles. The minimum Gasteiger partial charge on any atom is -0.393 e. The normalized spacial score (nSPS) is 16.4. The fraction of sp³-hybridized carbons (Fsp3) is 0.778. The van der Waals surface area contributed by atoms with Crippen LogP contribution in [-0.4, -0.2) is 11.2 Å². The zero-order chi connectivity index (χ0) is 8.15. The summed E-state index contributed by atoms with van der Waals surface area (Å²) in [5.41, 5.74) is 1.06. The molecule has 1 heteroatoms. The van der Waals surface area contributed by atoms with Crippen molar-refractivity contribution in [3.63, 3.8) is 0 Å². The van der Waals surface area contributed by atoms with Crippen LogP contribution in [0.3, 0.4) is 0 Å². The quantitative estimate of drug-likeness (QED) is 0.597. The van der Waals surface area contributed by atoms with Crippen molar-refractivity contribution in [3.8, 4) is 0 Å². The molecule has 0 aliphatic carbocycles. The Morgan fingerprint density at radius 1 is 1.60 bits per heavy atom. The van der Waals surface area contributed by atoms with Crippen LogP contribution in [0.1, 0.15) is 33.6 Å². The van der Waals surface area contributed by atoms with Gasteiger partial charge in [-0.25, -0.2) is 0 Å². The van der Waals surface area contributed by atoms with Crippen LogP contribution in [0.25, 0.3) is 0 Å². The smallest absolute Gasteiger partial charge is 0.0602 e. The molecule has 0 aromatic heterocycles. The summed E-state index contributed by atoms with van der Waals surface area (Å²) in [5, 5.41) is 9.43. The molecule has 0 bridgehead atoms. The van der Waals surface area contributed by atoms with Gasteiger partial charge >= 0.3 is 0 Å². The molecule has 0 aliphatic rings. The van der Waals surface area contributed by atoms with Gasteiger partial charge in [0, 0.05) is 0 Å². The molecule has 1 N–H and O–H groups in total. The van der Waals surface area contributed by atoms with E-state index in [1.54, 1.807) is 0 Å². The molecule has 0 aromatic rings. The summed E-state index contributed by atoms with van der Waals surface area (Å²) >= 11 is 0. The summed E-state index contributed by atoms with van der Waals surface area (Å²) in [7, 11) is 0. The maximum atomic E-state index is 9.43. The molecule has 0 saturated carbocycles. The van der Waals surface area contributed by atoms with Gasteiger partial charge in [0.15, 0.2) is 0 Å². The Kier molecular flexibility index (Phi) is 4.37. The van der Waals surface area contributed by atoms with E-state index in [4.69, 9.17) is 0 Å². The van der Waals surface area contributed by atoms with Crippen molar-refractivity contribution in [2.45, 2.75) is 39.7 Å². The van der Waals surface area contributed by atoms with E-state index in [0.717, 1.165) is 18.4 Å². The Bertz CT molecular complexity index is 107. The van der Waals surface area contributed by atoms with E-state index in [1.807, 2.05) is 6.92 Å². The number of hydrogen-bond donors (Lipinski definition) is 1. The molecule has 2 atom stereocenters. The molecule has 0 heterocycles. The highest BCUT2D eigenvalue weighted by molar-refractivity contribution is 4.91. The van der Waals surface area contributed by atoms with E-state index in [0.29, 0.717) is 5.92 Å². The van der Waals surface area contributed by atoms with Gasteiger partial charge < -0.3 is 5.11 Å². The van der Waals surface area contributed by atoms with Crippen LogP contribution in [-0.2, 0) is 0 Å². The van der Waals surface area contributed by atoms with Crippen LogP contribution in [0.4, 0.5) is 0 Å². The first kappa shape index (κ1) is 9.70. The molecule has 0 aromatic carbocycles. The van der Waals surface area contributed by atoms with Crippen LogP contribution in [0, 0.1) is 5.92 Å². The second-order valence-electron chi connectivity index (χ2n) is 3.11. The standard InChI is InChI=1S/C9H18O/c1-5-8(4)9(10)6-7(2)3/h8-10H,2,5-6H2,1,3-4H3/t8?,9-/m1/s1. The Balaban J connectivity index is 3.61. The average molecular weight is 142 g/mol. The number of aliphatic hydroxyl groups is 1. The fourth-order valence-corrected chi connectivity index (χ4v) is 0.830. The van der Waals surface area contributed by atoms with E-state index in [1.165, 1.54) is 0 Å². The molecule has 1 nitrogen and oxygen atoms in total. The van der Waals surface area contributed by atoms with Gasteiger partial charge in [-0.1, -0.05) is 25.8 Å². The predicted octanol–water partition coefficient (Wildman–Crippen LogP) is 2.36. The second kappa shape index (κ2) is 4.51. The summed E-state index contributed by atoms with van der Waals surface area (Å²) in [6.07, 6.45) is 1.59. The molecule has 60 valence electrons. The SMILES string of the molecule is C=C(C)C[C@@H](O)C(C)CC. The number of aliphatic hydroxyl groups excluding tert-OH is 1. The molecule has 0 spiro atoms. The minimum atomic E-state index is -0.192. The van der Waals surface area contributed by atoms with Gasteiger partial charge in [0.2, 0.25) is 0 Å². The lowest BCUT2D eigenvalue weighted by Gasteiger charge is -2.16. The zero-order valence-electron chi connectivity index (χ0n) is 7.22. The fourth-order valence-electron chi connectivity index (χ4n) is 0.830. The van der Waals surface area contributed by atoms with Gasteiger partial charge in [-0.15, -0.1) is 6.58 Å². The lowest BCUT2D eigenvalue weighted by Crippen LogP contribution is -2.16. The molecule has 0 rings (SSSR count). The second-order valence-corrected chi connectivity index (χ2v) is 3.11. The van der Waals surface area contributed by atoms with Crippen molar-refractivity contribution in [1.29, 1.82) is 0 Å². The summed E-state index contributed by atoms with van der Waals surface area (Å²) in [6.45, 7) is 9.85. The lowest BCUT2D eigenvalue weighted by atomic mass is 9.97. The highest BCUT2D eigenvalue weighted by atomic mass is 16.3. The molecule has 10 heavy (non-hydrogen) atoms. The first-order valence-electron chi connectivity index (χ1n) is 3.90. The van der Waals surface area contributed by atoms with E-state index in [9.17, 15) is 5.11 Å². The maximum Gasteiger partial charge on any atom is 0.0602 e. The Morgan fingerprint density at radius 2 is 2.10 bits per heavy atom. The largest absolute Gasteiger partial charge is 0.393 e. The Hall–Kier alpha value is -0.300. The van der Waals surface area contributed by atoms with Gasteiger partial charge in [0.25, 0.3) is 0 Å². The molecular weight excluding hydrogens is 124 g/mol. The minimum absolute atomic E-state index is 0.192. The highest BCUT2D eigenvalue weighted by Gasteiger charge is 2.10. The molecule has 0 amide bonds. The van der Waals surface area contributed by atoms with Crippen molar-refractivity contribution >= 4 is 0 Å². The van der Waals surface area contributed by atoms with Crippen molar-refractivity contribution in [1.82, 2.24) is 0 Å². The summed E-state index contributed by atoms with van der Waals surface area (Å²) in [6, 6.07) is 0. The third-order valence-corrected chi connectivity index (χ3v) is 1.86. The lowest BCUT2D eigenvalue weighted by molar-refractivity contribution is 0.115. The van der Waals surface area contributed by atoms with E-state index >= 15 is 0 Å². The van der Waals surface area contributed by atoms with Crippen LogP contribution < -0.4 is 0 Å². The highest BCUT2D eigenvalue weighted by Crippen LogP contribution is 2.13. The van der Waals surface area contributed by atoms with Crippen molar-refractivity contribution in [3.05, 3.63) is 12.2 Å². The van der Waals surface area contributed by atoms with Crippen molar-refractivity contribution in [2.75, 3.05) is 0 Å². The van der Waals surface area contributed by atoms with Crippen LogP contribution in [0.2, 0.25) is 0 Å². The topological polar surface area (TPSA) is 20.2 Å². The number of hydrogen-bond acceptors (Lipinski definition) is 1. The predicted molar refractivity (Wildman–Crippen MR) is 44.9 cm³/mol. The van der Waals surface area contributed by atoms with Gasteiger partial charge in [-0.05, 0) is 19.3 Å². The molecular formula is C9H18O. The first-order valence-corrected chi connectivity index (χ1v) is 3.90. The zero-order valence-corrected chi connectivity index (χ0v) is 7.22. The maximum absolute atomic E-state index is 9.43. The summed E-state index contributed by atoms with van der Waals surface area (Å²) in [5.74, 6) is 0.400. The van der Waals surface area contributed by atoms with Gasteiger partial charge in [-0.3, -0.25) is 0 Å². The van der Waals surface area contributed by atoms with Crippen molar-refractivity contribution < 1.29 is 5.11 Å². The summed E-state index contributed by atoms with van der Waals surface area (Å²) in [4.78, 5) is 0. The third-order valence-electron chi connectivity index (χ3n) is 1.86.